The van der Waals surface area contributed by atoms with Crippen LogP contribution < -0.4 is 10.9 Å². The van der Waals surface area contributed by atoms with Crippen LogP contribution in [0.4, 0.5) is 5.69 Å². The Morgan fingerprint density at radius 2 is 2.04 bits per heavy atom. The van der Waals surface area contributed by atoms with Gasteiger partial charge in [0.25, 0.3) is 5.56 Å². The molecule has 2 N–H and O–H groups in total. The zero-order chi connectivity index (χ0) is 18.8. The van der Waals surface area contributed by atoms with Gasteiger partial charge in [-0.05, 0) is 61.8 Å². The maximum absolute atomic E-state index is 12.5. The standard InChI is InChI=1S/C20H21N3O2S2/c1-26-13-8-6-12(7-9-13)21-17(24)11-10-16-22-19(25)18-14-4-2-3-5-15(14)27-20(18)23-16/h6-9H,2-5,10-11H2,1H3,(H,21,24)(H,22,23,25). The maximum atomic E-state index is 12.5. The summed E-state index contributed by atoms with van der Waals surface area (Å²) in [7, 11) is 0. The third kappa shape index (κ3) is 3.94. The number of aromatic amines is 1. The molecule has 5 nitrogen and oxygen atoms in total. The van der Waals surface area contributed by atoms with E-state index in [0.717, 1.165) is 40.1 Å². The summed E-state index contributed by atoms with van der Waals surface area (Å²) in [5.74, 6) is 0.499. The minimum Gasteiger partial charge on any atom is -0.326 e. The van der Waals surface area contributed by atoms with Gasteiger partial charge in [0.05, 0.1) is 5.39 Å². The SMILES string of the molecule is CSc1ccc(NC(=O)CCc2nc3sc4c(c3c(=O)[nH]2)CCCC4)cc1. The number of carbonyl (C=O) groups excluding carboxylic acids is 1. The summed E-state index contributed by atoms with van der Waals surface area (Å²) in [6, 6.07) is 7.75. The lowest BCUT2D eigenvalue weighted by atomic mass is 9.97. The highest BCUT2D eigenvalue weighted by Crippen LogP contribution is 2.33. The number of rotatable bonds is 5. The molecule has 4 rings (SSSR count). The molecule has 0 saturated carbocycles. The van der Waals surface area contributed by atoms with Crippen LogP contribution >= 0.6 is 23.1 Å². The Morgan fingerprint density at radius 3 is 2.81 bits per heavy atom. The number of thioether (sulfide) groups is 1. The van der Waals surface area contributed by atoms with Crippen molar-refractivity contribution in [3.63, 3.8) is 0 Å². The molecular weight excluding hydrogens is 378 g/mol. The van der Waals surface area contributed by atoms with E-state index in [1.165, 1.54) is 16.9 Å². The number of carbonyl (C=O) groups is 1. The number of nitrogens with zero attached hydrogens (tertiary/aromatic N) is 1. The van der Waals surface area contributed by atoms with Crippen molar-refractivity contribution in [1.82, 2.24) is 9.97 Å². The molecular formula is C20H21N3O2S2. The van der Waals surface area contributed by atoms with Crippen molar-refractivity contribution in [3.8, 4) is 0 Å². The molecule has 0 fully saturated rings. The topological polar surface area (TPSA) is 74.8 Å². The van der Waals surface area contributed by atoms with Crippen molar-refractivity contribution in [2.75, 3.05) is 11.6 Å². The van der Waals surface area contributed by atoms with Gasteiger partial charge in [0, 0.05) is 28.3 Å². The van der Waals surface area contributed by atoms with Crippen LogP contribution in [0.25, 0.3) is 10.2 Å². The summed E-state index contributed by atoms with van der Waals surface area (Å²) < 4.78 is 0. The number of anilines is 1. The highest BCUT2D eigenvalue weighted by atomic mass is 32.2. The van der Waals surface area contributed by atoms with Crippen LogP contribution in [-0.2, 0) is 24.1 Å². The van der Waals surface area contributed by atoms with E-state index in [1.807, 2.05) is 30.5 Å². The van der Waals surface area contributed by atoms with Gasteiger partial charge in [-0.2, -0.15) is 0 Å². The lowest BCUT2D eigenvalue weighted by molar-refractivity contribution is -0.116. The Kier molecular flexibility index (Phi) is 5.31. The van der Waals surface area contributed by atoms with E-state index < -0.39 is 0 Å². The normalized spacial score (nSPS) is 13.5. The number of H-pyrrole nitrogens is 1. The molecule has 140 valence electrons. The average Bonchev–Trinajstić information content (AvgIpc) is 3.06. The second kappa shape index (κ2) is 7.86. The van der Waals surface area contributed by atoms with Crippen LogP contribution in [0, 0.1) is 0 Å². The molecule has 2 heterocycles. The highest BCUT2D eigenvalue weighted by molar-refractivity contribution is 7.98. The van der Waals surface area contributed by atoms with Crippen molar-refractivity contribution in [2.24, 2.45) is 0 Å². The fourth-order valence-electron chi connectivity index (χ4n) is 3.46. The minimum absolute atomic E-state index is 0.0672. The number of aryl methyl sites for hydroxylation is 3. The van der Waals surface area contributed by atoms with E-state index in [2.05, 4.69) is 15.3 Å². The predicted octanol–water partition coefficient (Wildman–Crippen LogP) is 4.16. The molecule has 0 unspecified atom stereocenters. The lowest BCUT2D eigenvalue weighted by Gasteiger charge is -2.09. The fourth-order valence-corrected chi connectivity index (χ4v) is 5.15. The van der Waals surface area contributed by atoms with Gasteiger partial charge in [0.1, 0.15) is 10.7 Å². The third-order valence-corrected chi connectivity index (χ3v) is 6.77. The zero-order valence-electron chi connectivity index (χ0n) is 15.1. The predicted molar refractivity (Wildman–Crippen MR) is 112 cm³/mol. The number of fused-ring (bicyclic) bond motifs is 3. The van der Waals surface area contributed by atoms with Gasteiger partial charge in [-0.25, -0.2) is 4.98 Å². The summed E-state index contributed by atoms with van der Waals surface area (Å²) in [6.45, 7) is 0. The first-order chi connectivity index (χ1) is 13.1. The van der Waals surface area contributed by atoms with Gasteiger partial charge in [0.15, 0.2) is 0 Å². The van der Waals surface area contributed by atoms with Crippen molar-refractivity contribution in [3.05, 3.63) is 50.9 Å². The van der Waals surface area contributed by atoms with E-state index in [-0.39, 0.29) is 17.9 Å². The van der Waals surface area contributed by atoms with Crippen molar-refractivity contribution in [1.29, 1.82) is 0 Å². The zero-order valence-corrected chi connectivity index (χ0v) is 16.8. The molecule has 1 aromatic carbocycles. The first kappa shape index (κ1) is 18.3. The molecule has 1 aliphatic carbocycles. The van der Waals surface area contributed by atoms with Gasteiger partial charge in [-0.15, -0.1) is 23.1 Å². The molecule has 0 spiro atoms. The van der Waals surface area contributed by atoms with Gasteiger partial charge in [-0.3, -0.25) is 9.59 Å². The molecule has 0 radical (unpaired) electrons. The number of hydrogen-bond donors (Lipinski definition) is 2. The van der Waals surface area contributed by atoms with Crippen molar-refractivity contribution < 1.29 is 4.79 Å². The molecule has 1 amide bonds. The van der Waals surface area contributed by atoms with E-state index in [4.69, 9.17) is 0 Å². The molecule has 0 bridgehead atoms. The number of thiophene rings is 1. The summed E-state index contributed by atoms with van der Waals surface area (Å²) in [5, 5.41) is 3.65. The second-order valence-electron chi connectivity index (χ2n) is 6.68. The molecule has 3 aromatic rings. The van der Waals surface area contributed by atoms with Crippen LogP contribution in [0.3, 0.4) is 0 Å². The van der Waals surface area contributed by atoms with Crippen LogP contribution in [0.15, 0.2) is 34.0 Å². The fraction of sp³-hybridized carbons (Fsp3) is 0.350. The number of benzene rings is 1. The number of amides is 1. The Labute approximate surface area is 165 Å². The Bertz CT molecular complexity index is 1040. The van der Waals surface area contributed by atoms with Gasteiger partial charge in [0.2, 0.25) is 5.91 Å². The summed E-state index contributed by atoms with van der Waals surface area (Å²) in [4.78, 5) is 35.5. The average molecular weight is 400 g/mol. The molecule has 0 aliphatic heterocycles. The van der Waals surface area contributed by atoms with Gasteiger partial charge in [-0.1, -0.05) is 0 Å². The van der Waals surface area contributed by atoms with E-state index in [0.29, 0.717) is 12.2 Å². The van der Waals surface area contributed by atoms with Crippen LogP contribution in [-0.4, -0.2) is 22.1 Å². The van der Waals surface area contributed by atoms with Crippen LogP contribution in [0.5, 0.6) is 0 Å². The summed E-state index contributed by atoms with van der Waals surface area (Å²) in [5.41, 5.74) is 1.90. The Hall–Kier alpha value is -2.12. The Balaban J connectivity index is 1.45. The van der Waals surface area contributed by atoms with Gasteiger partial charge < -0.3 is 10.3 Å². The first-order valence-corrected chi connectivity index (χ1v) is 11.2. The Morgan fingerprint density at radius 1 is 1.26 bits per heavy atom. The monoisotopic (exact) mass is 399 g/mol. The van der Waals surface area contributed by atoms with Crippen LogP contribution in [0.2, 0.25) is 0 Å². The van der Waals surface area contributed by atoms with E-state index >= 15 is 0 Å². The second-order valence-corrected chi connectivity index (χ2v) is 8.64. The largest absolute Gasteiger partial charge is 0.326 e. The third-order valence-electron chi connectivity index (χ3n) is 4.84. The summed E-state index contributed by atoms with van der Waals surface area (Å²) >= 11 is 3.30. The maximum Gasteiger partial charge on any atom is 0.259 e. The molecule has 0 saturated heterocycles. The van der Waals surface area contributed by atoms with Crippen molar-refractivity contribution in [2.45, 2.75) is 43.4 Å². The number of aromatic nitrogens is 2. The quantitative estimate of drug-likeness (QED) is 0.632. The molecule has 2 aromatic heterocycles. The van der Waals surface area contributed by atoms with Crippen molar-refractivity contribution >= 4 is 44.9 Å². The highest BCUT2D eigenvalue weighted by Gasteiger charge is 2.19. The van der Waals surface area contributed by atoms with Gasteiger partial charge >= 0.3 is 0 Å². The summed E-state index contributed by atoms with van der Waals surface area (Å²) in [6.07, 6.45) is 7.05. The van der Waals surface area contributed by atoms with Crippen LogP contribution in [0.1, 0.15) is 35.5 Å². The number of hydrogen-bond acceptors (Lipinski definition) is 5. The molecule has 27 heavy (non-hydrogen) atoms. The van der Waals surface area contributed by atoms with E-state index in [1.54, 1.807) is 23.1 Å². The molecule has 0 atom stereocenters. The molecule has 1 aliphatic rings. The lowest BCUT2D eigenvalue weighted by Crippen LogP contribution is -2.16. The van der Waals surface area contributed by atoms with E-state index in [9.17, 15) is 9.59 Å². The smallest absolute Gasteiger partial charge is 0.259 e. The molecule has 7 heteroatoms. The number of nitrogens with one attached hydrogen (secondary N) is 2. The first-order valence-electron chi connectivity index (χ1n) is 9.11. The minimum atomic E-state index is -0.0832.